The molecule has 1 aliphatic rings. The number of ether oxygens (including phenoxy) is 1. The van der Waals surface area contributed by atoms with Crippen molar-refractivity contribution >= 4 is 28.5 Å². The summed E-state index contributed by atoms with van der Waals surface area (Å²) in [6.07, 6.45) is 0.605. The SMILES string of the molecule is CC[C@H]1O[C@@H](n2ccc3c(N)nc(Cl)nc32)[C@@H](F)[C@@H]1C. The number of hydrogen-bond acceptors (Lipinski definition) is 4. The lowest BCUT2D eigenvalue weighted by Gasteiger charge is -2.16. The van der Waals surface area contributed by atoms with Crippen molar-refractivity contribution in [3.8, 4) is 0 Å². The number of nitrogens with zero attached hydrogens (tertiary/aromatic N) is 3. The van der Waals surface area contributed by atoms with Crippen molar-refractivity contribution in [3.05, 3.63) is 17.5 Å². The molecule has 0 amide bonds. The summed E-state index contributed by atoms with van der Waals surface area (Å²) < 4.78 is 21.9. The fourth-order valence-corrected chi connectivity index (χ4v) is 2.94. The van der Waals surface area contributed by atoms with Crippen LogP contribution in [-0.2, 0) is 4.74 Å². The van der Waals surface area contributed by atoms with E-state index >= 15 is 0 Å². The molecule has 1 saturated heterocycles. The Bertz CT molecular complexity index is 647. The Morgan fingerprint density at radius 3 is 2.90 bits per heavy atom. The standard InChI is InChI=1S/C13H16ClFN4O/c1-3-8-6(2)9(15)12(20-8)19-5-4-7-10(16)17-13(14)18-11(7)19/h4-6,8-9,12H,3H2,1-2H3,(H2,16,17,18)/t6-,8-,9+,12-/m1/s1. The minimum Gasteiger partial charge on any atom is -0.383 e. The van der Waals surface area contributed by atoms with Gasteiger partial charge in [-0.25, -0.2) is 9.37 Å². The van der Waals surface area contributed by atoms with E-state index in [1.165, 1.54) is 0 Å². The highest BCUT2D eigenvalue weighted by molar-refractivity contribution is 6.28. The van der Waals surface area contributed by atoms with Gasteiger partial charge in [-0.3, -0.25) is 0 Å². The number of fused-ring (bicyclic) bond motifs is 1. The molecule has 3 heterocycles. The van der Waals surface area contributed by atoms with E-state index in [-0.39, 0.29) is 23.1 Å². The fourth-order valence-electron chi connectivity index (χ4n) is 2.76. The summed E-state index contributed by atoms with van der Waals surface area (Å²) >= 11 is 5.83. The Balaban J connectivity index is 2.07. The van der Waals surface area contributed by atoms with Crippen molar-refractivity contribution in [1.29, 1.82) is 0 Å². The summed E-state index contributed by atoms with van der Waals surface area (Å²) in [5, 5.41) is 0.696. The van der Waals surface area contributed by atoms with Gasteiger partial charge in [-0.1, -0.05) is 13.8 Å². The van der Waals surface area contributed by atoms with Gasteiger partial charge in [0.15, 0.2) is 12.4 Å². The quantitative estimate of drug-likeness (QED) is 0.866. The number of nitrogen functional groups attached to an aromatic ring is 1. The van der Waals surface area contributed by atoms with Crippen LogP contribution in [0.3, 0.4) is 0 Å². The molecule has 7 heteroatoms. The molecule has 0 unspecified atom stereocenters. The maximum Gasteiger partial charge on any atom is 0.226 e. The first-order valence-electron chi connectivity index (χ1n) is 6.62. The lowest BCUT2D eigenvalue weighted by Crippen LogP contribution is -2.20. The highest BCUT2D eigenvalue weighted by atomic mass is 35.5. The van der Waals surface area contributed by atoms with Crippen molar-refractivity contribution in [3.63, 3.8) is 0 Å². The molecule has 5 nitrogen and oxygen atoms in total. The van der Waals surface area contributed by atoms with E-state index < -0.39 is 12.4 Å². The zero-order valence-corrected chi connectivity index (χ0v) is 12.0. The maximum atomic E-state index is 14.5. The number of halogens is 2. The van der Waals surface area contributed by atoms with Crippen molar-refractivity contribution in [1.82, 2.24) is 14.5 Å². The topological polar surface area (TPSA) is 66.0 Å². The first-order valence-corrected chi connectivity index (χ1v) is 6.99. The van der Waals surface area contributed by atoms with Crippen LogP contribution >= 0.6 is 11.6 Å². The first-order chi connectivity index (χ1) is 9.52. The molecule has 0 aromatic carbocycles. The third-order valence-corrected chi connectivity index (χ3v) is 4.10. The lowest BCUT2D eigenvalue weighted by molar-refractivity contribution is -0.0183. The van der Waals surface area contributed by atoms with Crippen LogP contribution in [0.25, 0.3) is 11.0 Å². The van der Waals surface area contributed by atoms with Gasteiger partial charge in [0.25, 0.3) is 0 Å². The zero-order valence-electron chi connectivity index (χ0n) is 11.3. The molecule has 1 aliphatic heterocycles. The molecule has 2 aromatic rings. The van der Waals surface area contributed by atoms with Crippen molar-refractivity contribution in [2.45, 2.75) is 38.8 Å². The van der Waals surface area contributed by atoms with Gasteiger partial charge >= 0.3 is 0 Å². The third kappa shape index (κ3) is 1.94. The molecule has 0 aliphatic carbocycles. The van der Waals surface area contributed by atoms with E-state index in [1.807, 2.05) is 13.8 Å². The molecule has 1 fully saturated rings. The largest absolute Gasteiger partial charge is 0.383 e. The second-order valence-corrected chi connectivity index (χ2v) is 5.45. The zero-order chi connectivity index (χ0) is 14.4. The molecule has 3 rings (SSSR count). The van der Waals surface area contributed by atoms with Crippen LogP contribution in [0.15, 0.2) is 12.3 Å². The van der Waals surface area contributed by atoms with Gasteiger partial charge in [-0.2, -0.15) is 4.98 Å². The Morgan fingerprint density at radius 1 is 1.50 bits per heavy atom. The minimum atomic E-state index is -1.09. The first kappa shape index (κ1) is 13.6. The third-order valence-electron chi connectivity index (χ3n) is 3.93. The van der Waals surface area contributed by atoms with Crippen LogP contribution in [0.2, 0.25) is 5.28 Å². The smallest absolute Gasteiger partial charge is 0.226 e. The molecule has 20 heavy (non-hydrogen) atoms. The van der Waals surface area contributed by atoms with E-state index in [0.717, 1.165) is 6.42 Å². The van der Waals surface area contributed by atoms with Crippen LogP contribution in [0, 0.1) is 5.92 Å². The molecule has 0 radical (unpaired) electrons. The summed E-state index contributed by atoms with van der Waals surface area (Å²) in [5.41, 5.74) is 6.30. The van der Waals surface area contributed by atoms with Gasteiger partial charge in [0, 0.05) is 12.1 Å². The number of alkyl halides is 1. The monoisotopic (exact) mass is 298 g/mol. The van der Waals surface area contributed by atoms with Crippen molar-refractivity contribution in [2.24, 2.45) is 5.92 Å². The van der Waals surface area contributed by atoms with Gasteiger partial charge in [0.2, 0.25) is 5.28 Å². The van der Waals surface area contributed by atoms with Crippen molar-refractivity contribution in [2.75, 3.05) is 5.73 Å². The Hall–Kier alpha value is -1.40. The van der Waals surface area contributed by atoms with E-state index in [4.69, 9.17) is 22.1 Å². The van der Waals surface area contributed by atoms with Crippen LogP contribution in [0.4, 0.5) is 10.2 Å². The lowest BCUT2D eigenvalue weighted by atomic mass is 10.00. The van der Waals surface area contributed by atoms with Gasteiger partial charge in [0.05, 0.1) is 11.5 Å². The Kier molecular flexibility index (Phi) is 3.30. The summed E-state index contributed by atoms with van der Waals surface area (Å²) in [6, 6.07) is 1.75. The molecule has 0 saturated carbocycles. The van der Waals surface area contributed by atoms with Crippen LogP contribution in [0.1, 0.15) is 26.5 Å². The van der Waals surface area contributed by atoms with E-state index in [9.17, 15) is 4.39 Å². The summed E-state index contributed by atoms with van der Waals surface area (Å²) in [5.74, 6) is 0.129. The second-order valence-electron chi connectivity index (χ2n) is 5.12. The molecule has 0 spiro atoms. The molecular formula is C13H16ClFN4O. The number of aromatic nitrogens is 3. The summed E-state index contributed by atoms with van der Waals surface area (Å²) in [4.78, 5) is 8.03. The average molecular weight is 299 g/mol. The molecule has 2 N–H and O–H groups in total. The number of anilines is 1. The predicted octanol–water partition coefficient (Wildman–Crippen LogP) is 2.95. The minimum absolute atomic E-state index is 0.0449. The van der Waals surface area contributed by atoms with E-state index in [0.29, 0.717) is 11.0 Å². The Labute approximate surface area is 120 Å². The van der Waals surface area contributed by atoms with Gasteiger partial charge < -0.3 is 15.0 Å². The predicted molar refractivity (Wildman–Crippen MR) is 75.2 cm³/mol. The maximum absolute atomic E-state index is 14.5. The molecule has 0 bridgehead atoms. The highest BCUT2D eigenvalue weighted by Gasteiger charge is 2.42. The van der Waals surface area contributed by atoms with Crippen molar-refractivity contribution < 1.29 is 9.13 Å². The van der Waals surface area contributed by atoms with Gasteiger partial charge in [-0.05, 0) is 24.1 Å². The van der Waals surface area contributed by atoms with Gasteiger partial charge in [-0.15, -0.1) is 0 Å². The normalized spacial score (nSPS) is 30.2. The highest BCUT2D eigenvalue weighted by Crippen LogP contribution is 2.39. The van der Waals surface area contributed by atoms with Gasteiger partial charge in [0.1, 0.15) is 11.5 Å². The number of rotatable bonds is 2. The fraction of sp³-hybridized carbons (Fsp3) is 0.538. The van der Waals surface area contributed by atoms with Crippen LogP contribution < -0.4 is 5.73 Å². The summed E-state index contributed by atoms with van der Waals surface area (Å²) in [7, 11) is 0. The molecular weight excluding hydrogens is 283 g/mol. The number of hydrogen-bond donors (Lipinski definition) is 1. The molecule has 4 atom stereocenters. The number of nitrogens with two attached hydrogens (primary N) is 1. The average Bonchev–Trinajstić information content (AvgIpc) is 2.93. The summed E-state index contributed by atoms with van der Waals surface area (Å²) in [6.45, 7) is 3.85. The Morgan fingerprint density at radius 2 is 2.25 bits per heavy atom. The molecule has 108 valence electrons. The van der Waals surface area contributed by atoms with E-state index in [1.54, 1.807) is 16.8 Å². The van der Waals surface area contributed by atoms with E-state index in [2.05, 4.69) is 9.97 Å². The second kappa shape index (κ2) is 4.86. The van der Waals surface area contributed by atoms with Crippen LogP contribution in [0.5, 0.6) is 0 Å². The van der Waals surface area contributed by atoms with Crippen LogP contribution in [-0.4, -0.2) is 26.8 Å². The molecule has 2 aromatic heterocycles.